The van der Waals surface area contributed by atoms with Gasteiger partial charge in [0.15, 0.2) is 0 Å². The van der Waals surface area contributed by atoms with E-state index >= 15 is 0 Å². The summed E-state index contributed by atoms with van der Waals surface area (Å²) < 4.78 is 25.9. The largest absolute Gasteiger partial charge is 0.490 e. The summed E-state index contributed by atoms with van der Waals surface area (Å²) in [5.41, 5.74) is 3.78. The molecule has 6 rings (SSSR count). The smallest absolute Gasteiger partial charge is 0.252 e. The van der Waals surface area contributed by atoms with Gasteiger partial charge in [-0.1, -0.05) is 57.9 Å². The molecule has 0 aromatic heterocycles. The van der Waals surface area contributed by atoms with Crippen LogP contribution >= 0.6 is 27.5 Å². The van der Waals surface area contributed by atoms with Crippen LogP contribution in [-0.4, -0.2) is 66.0 Å². The first-order valence-electron chi connectivity index (χ1n) is 14.9. The molecule has 2 bridgehead atoms. The zero-order chi connectivity index (χ0) is 30.8. The summed E-state index contributed by atoms with van der Waals surface area (Å²) in [4.78, 5) is 30.7. The van der Waals surface area contributed by atoms with Crippen molar-refractivity contribution in [1.29, 1.82) is 0 Å². The molecular formula is C34H34BrClFN3O4. The van der Waals surface area contributed by atoms with Crippen LogP contribution < -0.4 is 14.8 Å². The third-order valence-corrected chi connectivity index (χ3v) is 9.42. The number of amides is 2. The lowest BCUT2D eigenvalue weighted by Crippen LogP contribution is -2.61. The molecule has 10 heteroatoms. The fraction of sp³-hybridized carbons (Fsp3) is 0.353. The summed E-state index contributed by atoms with van der Waals surface area (Å²) in [5, 5.41) is 3.98. The van der Waals surface area contributed by atoms with Gasteiger partial charge in [0.25, 0.3) is 5.91 Å². The Morgan fingerprint density at radius 1 is 1.05 bits per heavy atom. The number of nitrogens with zero attached hydrogens (tertiary/aromatic N) is 2. The summed E-state index contributed by atoms with van der Waals surface area (Å²) in [6.45, 7) is 3.62. The molecule has 0 radical (unpaired) electrons. The van der Waals surface area contributed by atoms with Crippen LogP contribution in [0, 0.1) is 5.82 Å². The highest BCUT2D eigenvalue weighted by Gasteiger charge is 2.43. The number of piperazine rings is 1. The normalized spacial score (nSPS) is 19.5. The molecule has 2 fully saturated rings. The van der Waals surface area contributed by atoms with E-state index in [1.165, 1.54) is 18.2 Å². The Morgan fingerprint density at radius 2 is 1.80 bits per heavy atom. The fourth-order valence-corrected chi connectivity index (χ4v) is 6.58. The second kappa shape index (κ2) is 13.3. The Hall–Kier alpha value is -3.40. The van der Waals surface area contributed by atoms with Crippen molar-refractivity contribution in [1.82, 2.24) is 15.1 Å². The van der Waals surface area contributed by atoms with Gasteiger partial charge >= 0.3 is 0 Å². The van der Waals surface area contributed by atoms with Crippen molar-refractivity contribution in [3.8, 4) is 11.5 Å². The van der Waals surface area contributed by atoms with Crippen molar-refractivity contribution in [3.05, 3.63) is 98.7 Å². The van der Waals surface area contributed by atoms with Gasteiger partial charge in [-0.3, -0.25) is 9.59 Å². The molecule has 2 atom stereocenters. The van der Waals surface area contributed by atoms with E-state index in [0.717, 1.165) is 39.6 Å². The number of carbonyl (C=O) groups is 2. The van der Waals surface area contributed by atoms with E-state index in [0.29, 0.717) is 36.8 Å². The maximum Gasteiger partial charge on any atom is 0.252 e. The SMILES string of the molecule is CC(=O)N1CC2CC(c3ccc(OCCOc4cc(F)ccc4Cl)cc3)=C(C(=O)N(Cc3ccccc3Br)C3CC3)C(C1)N2. The minimum atomic E-state index is -0.419. The number of ether oxygens (including phenoxy) is 2. The lowest BCUT2D eigenvalue weighted by atomic mass is 9.82. The first-order chi connectivity index (χ1) is 21.3. The Morgan fingerprint density at radius 3 is 2.52 bits per heavy atom. The third-order valence-electron chi connectivity index (χ3n) is 8.33. The van der Waals surface area contributed by atoms with Crippen molar-refractivity contribution >= 4 is 44.9 Å². The van der Waals surface area contributed by atoms with E-state index in [2.05, 4.69) is 21.2 Å². The molecule has 1 aliphatic carbocycles. The van der Waals surface area contributed by atoms with Crippen LogP contribution in [0.15, 0.2) is 76.8 Å². The molecule has 1 saturated heterocycles. The highest BCUT2D eigenvalue weighted by molar-refractivity contribution is 9.10. The molecular weight excluding hydrogens is 649 g/mol. The van der Waals surface area contributed by atoms with Gasteiger partial charge in [-0.05, 0) is 66.3 Å². The third kappa shape index (κ3) is 6.95. The van der Waals surface area contributed by atoms with Gasteiger partial charge in [0.1, 0.15) is 30.5 Å². The molecule has 2 heterocycles. The quantitative estimate of drug-likeness (QED) is 0.257. The van der Waals surface area contributed by atoms with Crippen LogP contribution in [0.4, 0.5) is 4.39 Å². The maximum absolute atomic E-state index is 14.5. The molecule has 2 unspecified atom stereocenters. The minimum absolute atomic E-state index is 0.0214. The fourth-order valence-electron chi connectivity index (χ4n) is 5.99. The number of hydrogen-bond acceptors (Lipinski definition) is 5. The summed E-state index contributed by atoms with van der Waals surface area (Å²) in [7, 11) is 0. The molecule has 7 nitrogen and oxygen atoms in total. The number of hydrogen-bond donors (Lipinski definition) is 1. The predicted octanol–water partition coefficient (Wildman–Crippen LogP) is 6.24. The summed E-state index contributed by atoms with van der Waals surface area (Å²) in [6.07, 6.45) is 2.61. The van der Waals surface area contributed by atoms with Gasteiger partial charge < -0.3 is 24.6 Å². The van der Waals surface area contributed by atoms with Gasteiger partial charge in [-0.2, -0.15) is 0 Å². The van der Waals surface area contributed by atoms with Gasteiger partial charge in [0.05, 0.1) is 11.1 Å². The first-order valence-corrected chi connectivity index (χ1v) is 16.0. The lowest BCUT2D eigenvalue weighted by molar-refractivity contribution is -0.132. The van der Waals surface area contributed by atoms with Crippen LogP contribution in [0.1, 0.15) is 37.3 Å². The van der Waals surface area contributed by atoms with Crippen LogP contribution in [0.25, 0.3) is 5.57 Å². The Bertz CT molecular complexity index is 1580. The molecule has 3 aromatic rings. The summed E-state index contributed by atoms with van der Waals surface area (Å²) in [5.74, 6) is 0.551. The summed E-state index contributed by atoms with van der Waals surface area (Å²) >= 11 is 9.73. The first kappa shape index (κ1) is 30.6. The lowest BCUT2D eigenvalue weighted by Gasteiger charge is -2.44. The van der Waals surface area contributed by atoms with Crippen molar-refractivity contribution in [2.75, 3.05) is 26.3 Å². The molecule has 3 aliphatic rings. The standard InChI is InChI=1S/C34H34BrClFN3O4/c1-21(41)39-19-25-17-28(22-6-11-27(12-7-22)43-14-15-44-32-16-24(37)8-13-30(32)36)33(31(20-39)38-25)34(42)40(26-9-10-26)18-23-4-2-3-5-29(23)35/h2-8,11-13,16,25-26,31,38H,9-10,14-15,17-20H2,1H3. The average Bonchev–Trinajstić information content (AvgIpc) is 3.85. The van der Waals surface area contributed by atoms with Crippen LogP contribution in [0.5, 0.6) is 11.5 Å². The molecule has 44 heavy (non-hydrogen) atoms. The second-order valence-corrected chi connectivity index (χ2v) is 12.7. The van der Waals surface area contributed by atoms with Crippen molar-refractivity contribution in [3.63, 3.8) is 0 Å². The Balaban J connectivity index is 1.23. The highest BCUT2D eigenvalue weighted by atomic mass is 79.9. The molecule has 2 amide bonds. The van der Waals surface area contributed by atoms with Crippen LogP contribution in [-0.2, 0) is 16.1 Å². The molecule has 3 aromatic carbocycles. The maximum atomic E-state index is 14.5. The van der Waals surface area contributed by atoms with Crippen LogP contribution in [0.2, 0.25) is 5.02 Å². The van der Waals surface area contributed by atoms with Gasteiger partial charge in [-0.15, -0.1) is 0 Å². The number of fused-ring (bicyclic) bond motifs is 2. The monoisotopic (exact) mass is 681 g/mol. The van der Waals surface area contributed by atoms with Gasteiger partial charge in [0.2, 0.25) is 5.91 Å². The van der Waals surface area contributed by atoms with E-state index in [1.807, 2.05) is 58.3 Å². The number of halogens is 3. The number of benzene rings is 3. The predicted molar refractivity (Wildman–Crippen MR) is 171 cm³/mol. The number of nitrogens with one attached hydrogen (secondary N) is 1. The van der Waals surface area contributed by atoms with E-state index in [9.17, 15) is 14.0 Å². The zero-order valence-electron chi connectivity index (χ0n) is 24.4. The molecule has 1 N–H and O–H groups in total. The molecule has 230 valence electrons. The number of carbonyl (C=O) groups excluding carboxylic acids is 2. The zero-order valence-corrected chi connectivity index (χ0v) is 26.7. The van der Waals surface area contributed by atoms with Gasteiger partial charge in [0, 0.05) is 54.8 Å². The van der Waals surface area contributed by atoms with Crippen molar-refractivity contribution < 1.29 is 23.5 Å². The van der Waals surface area contributed by atoms with E-state index in [-0.39, 0.29) is 48.9 Å². The average molecular weight is 683 g/mol. The van der Waals surface area contributed by atoms with Crippen molar-refractivity contribution in [2.24, 2.45) is 0 Å². The van der Waals surface area contributed by atoms with Crippen molar-refractivity contribution in [2.45, 2.75) is 50.9 Å². The Labute approximate surface area is 270 Å². The summed E-state index contributed by atoms with van der Waals surface area (Å²) in [6, 6.07) is 19.8. The topological polar surface area (TPSA) is 71.1 Å². The minimum Gasteiger partial charge on any atom is -0.490 e. The Kier molecular flexibility index (Phi) is 9.26. The van der Waals surface area contributed by atoms with E-state index in [4.69, 9.17) is 21.1 Å². The number of rotatable bonds is 10. The second-order valence-electron chi connectivity index (χ2n) is 11.5. The molecule has 1 saturated carbocycles. The van der Waals surface area contributed by atoms with Crippen LogP contribution in [0.3, 0.4) is 0 Å². The molecule has 0 spiro atoms. The highest BCUT2D eigenvalue weighted by Crippen LogP contribution is 2.38. The van der Waals surface area contributed by atoms with E-state index in [1.54, 1.807) is 6.92 Å². The van der Waals surface area contributed by atoms with Gasteiger partial charge in [-0.25, -0.2) is 4.39 Å². The van der Waals surface area contributed by atoms with E-state index < -0.39 is 5.82 Å². The molecule has 2 aliphatic heterocycles.